The minimum absolute atomic E-state index is 0.0200. The third-order valence-corrected chi connectivity index (χ3v) is 5.86. The fourth-order valence-corrected chi connectivity index (χ4v) is 4.25. The highest BCUT2D eigenvalue weighted by Gasteiger charge is 2.46. The summed E-state index contributed by atoms with van der Waals surface area (Å²) in [7, 11) is -4.09. The molecule has 1 unspecified atom stereocenters. The van der Waals surface area contributed by atoms with Gasteiger partial charge in [-0.1, -0.05) is 49.7 Å². The van der Waals surface area contributed by atoms with Gasteiger partial charge in [0.2, 0.25) is 14.7 Å². The Hall–Kier alpha value is -1.92. The van der Waals surface area contributed by atoms with Crippen LogP contribution in [0.25, 0.3) is 10.8 Å². The summed E-state index contributed by atoms with van der Waals surface area (Å²) in [5, 5.41) is 1.30. The van der Waals surface area contributed by atoms with Crippen LogP contribution < -0.4 is 11.5 Å². The van der Waals surface area contributed by atoms with Crippen LogP contribution in [0.1, 0.15) is 19.8 Å². The molecule has 1 amide bonds. The van der Waals surface area contributed by atoms with Gasteiger partial charge in [0.25, 0.3) is 5.91 Å². The number of primary amides is 1. The number of amides is 1. The lowest BCUT2D eigenvalue weighted by Crippen LogP contribution is -2.57. The first-order valence-electron chi connectivity index (χ1n) is 6.66. The van der Waals surface area contributed by atoms with Gasteiger partial charge in [-0.2, -0.15) is 0 Å². The second-order valence-electron chi connectivity index (χ2n) is 4.98. The van der Waals surface area contributed by atoms with Crippen molar-refractivity contribution in [1.29, 1.82) is 0 Å². The molecule has 0 saturated heterocycles. The van der Waals surface area contributed by atoms with Crippen LogP contribution in [0, 0.1) is 0 Å². The number of fused-ring (bicyclic) bond motifs is 1. The van der Waals surface area contributed by atoms with Gasteiger partial charge in [-0.25, -0.2) is 8.42 Å². The molecule has 0 spiro atoms. The van der Waals surface area contributed by atoms with Crippen LogP contribution in [0.3, 0.4) is 0 Å². The van der Waals surface area contributed by atoms with E-state index in [0.29, 0.717) is 11.8 Å². The minimum Gasteiger partial charge on any atom is -0.367 e. The minimum atomic E-state index is -4.09. The summed E-state index contributed by atoms with van der Waals surface area (Å²) in [4.78, 5) is 9.63. The molecule has 0 radical (unpaired) electrons. The van der Waals surface area contributed by atoms with E-state index >= 15 is 0 Å². The molecule has 1 atom stereocenters. The molecule has 0 aliphatic heterocycles. The molecular weight excluding hydrogens is 288 g/mol. The zero-order chi connectivity index (χ0) is 15.7. The summed E-state index contributed by atoms with van der Waals surface area (Å²) in [5.41, 5.74) is 11.2. The Bertz CT molecular complexity index is 781. The van der Waals surface area contributed by atoms with E-state index in [2.05, 4.69) is 0 Å². The molecule has 21 heavy (non-hydrogen) atoms. The predicted molar refractivity (Wildman–Crippen MR) is 82.2 cm³/mol. The van der Waals surface area contributed by atoms with Gasteiger partial charge in [0.1, 0.15) is 0 Å². The summed E-state index contributed by atoms with van der Waals surface area (Å²) < 4.78 is 25.7. The van der Waals surface area contributed by atoms with E-state index in [0.717, 1.165) is 5.39 Å². The number of carbonyl (C=O) groups excluding carboxylic acids is 1. The van der Waals surface area contributed by atoms with Crippen molar-refractivity contribution < 1.29 is 13.2 Å². The van der Waals surface area contributed by atoms with E-state index in [1.54, 1.807) is 37.3 Å². The topological polar surface area (TPSA) is 103 Å². The fraction of sp³-hybridized carbons (Fsp3) is 0.267. The number of carbonyl (C=O) groups is 1. The van der Waals surface area contributed by atoms with Crippen LogP contribution in [0.5, 0.6) is 0 Å². The maximum atomic E-state index is 12.9. The van der Waals surface area contributed by atoms with E-state index in [-0.39, 0.29) is 11.3 Å². The van der Waals surface area contributed by atoms with E-state index < -0.39 is 20.6 Å². The van der Waals surface area contributed by atoms with Crippen LogP contribution >= 0.6 is 0 Å². The van der Waals surface area contributed by atoms with Crippen molar-refractivity contribution >= 4 is 26.5 Å². The Morgan fingerprint density at radius 1 is 1.14 bits per heavy atom. The van der Waals surface area contributed by atoms with Crippen LogP contribution in [0.15, 0.2) is 47.4 Å². The van der Waals surface area contributed by atoms with Gasteiger partial charge in [-0.3, -0.25) is 4.79 Å². The number of benzene rings is 2. The largest absolute Gasteiger partial charge is 0.367 e. The molecule has 0 aromatic heterocycles. The lowest BCUT2D eigenvalue weighted by Gasteiger charge is -2.26. The maximum Gasteiger partial charge on any atom is 0.253 e. The first kappa shape index (κ1) is 15.5. The number of hydrogen-bond donors (Lipinski definition) is 2. The van der Waals surface area contributed by atoms with Crippen molar-refractivity contribution in [3.05, 3.63) is 42.5 Å². The molecule has 2 rings (SSSR count). The monoisotopic (exact) mass is 306 g/mol. The highest BCUT2D eigenvalue weighted by molar-refractivity contribution is 7.93. The standard InChI is InChI=1S/C15H18N2O3S/c1-2-10-15(17,14(16)18)21(19,20)13-9-5-7-11-6-3-4-8-12(11)13/h3-9H,2,10,17H2,1H3,(H2,16,18). The average molecular weight is 306 g/mol. The molecule has 5 nitrogen and oxygen atoms in total. The summed E-state index contributed by atoms with van der Waals surface area (Å²) in [6, 6.07) is 11.9. The first-order chi connectivity index (χ1) is 9.84. The first-order valence-corrected chi connectivity index (χ1v) is 8.14. The SMILES string of the molecule is CCCC(N)(C(N)=O)S(=O)(=O)c1cccc2ccccc12. The molecule has 0 bridgehead atoms. The highest BCUT2D eigenvalue weighted by Crippen LogP contribution is 2.31. The lowest BCUT2D eigenvalue weighted by molar-refractivity contribution is -0.120. The van der Waals surface area contributed by atoms with Gasteiger partial charge in [-0.05, 0) is 17.9 Å². The maximum absolute atomic E-state index is 12.9. The third-order valence-electron chi connectivity index (χ3n) is 3.56. The van der Waals surface area contributed by atoms with Crippen molar-refractivity contribution in [3.8, 4) is 0 Å². The second-order valence-corrected chi connectivity index (χ2v) is 7.16. The highest BCUT2D eigenvalue weighted by atomic mass is 32.2. The Labute approximate surface area is 123 Å². The van der Waals surface area contributed by atoms with E-state index in [9.17, 15) is 13.2 Å². The molecule has 6 heteroatoms. The number of nitrogens with two attached hydrogens (primary N) is 2. The molecule has 2 aromatic rings. The van der Waals surface area contributed by atoms with Crippen LogP contribution in [0.4, 0.5) is 0 Å². The van der Waals surface area contributed by atoms with Gasteiger partial charge < -0.3 is 11.5 Å². The fourth-order valence-electron chi connectivity index (χ4n) is 2.39. The van der Waals surface area contributed by atoms with Gasteiger partial charge in [0.05, 0.1) is 4.90 Å². The molecule has 0 aliphatic carbocycles. The quantitative estimate of drug-likeness (QED) is 0.874. The van der Waals surface area contributed by atoms with Crippen LogP contribution in [-0.4, -0.2) is 19.2 Å². The van der Waals surface area contributed by atoms with Gasteiger partial charge in [0.15, 0.2) is 0 Å². The van der Waals surface area contributed by atoms with E-state index in [1.807, 2.05) is 6.07 Å². The van der Waals surface area contributed by atoms with Gasteiger partial charge >= 0.3 is 0 Å². The van der Waals surface area contributed by atoms with Gasteiger partial charge in [-0.15, -0.1) is 0 Å². The zero-order valence-corrected chi connectivity index (χ0v) is 12.6. The number of sulfone groups is 1. The zero-order valence-electron chi connectivity index (χ0n) is 11.7. The normalized spacial score (nSPS) is 14.8. The third kappa shape index (κ3) is 2.41. The van der Waals surface area contributed by atoms with Crippen LogP contribution in [-0.2, 0) is 14.6 Å². The summed E-state index contributed by atoms with van der Waals surface area (Å²) in [6.07, 6.45) is 0.414. The van der Waals surface area contributed by atoms with Gasteiger partial charge in [0, 0.05) is 5.39 Å². The average Bonchev–Trinajstić information content (AvgIpc) is 2.46. The summed E-state index contributed by atoms with van der Waals surface area (Å²) >= 11 is 0. The van der Waals surface area contributed by atoms with Crippen molar-refractivity contribution in [2.45, 2.75) is 29.5 Å². The van der Waals surface area contributed by atoms with Crippen molar-refractivity contribution in [2.24, 2.45) is 11.5 Å². The summed E-state index contributed by atoms with van der Waals surface area (Å²) in [6.45, 7) is 1.75. The predicted octanol–water partition coefficient (Wildman–Crippen LogP) is 1.55. The molecule has 0 heterocycles. The molecule has 0 saturated carbocycles. The molecule has 112 valence electrons. The Kier molecular flexibility index (Phi) is 4.02. The number of hydrogen-bond acceptors (Lipinski definition) is 4. The number of rotatable bonds is 5. The van der Waals surface area contributed by atoms with Crippen LogP contribution in [0.2, 0.25) is 0 Å². The van der Waals surface area contributed by atoms with Crippen molar-refractivity contribution in [3.63, 3.8) is 0 Å². The van der Waals surface area contributed by atoms with E-state index in [1.165, 1.54) is 6.07 Å². The molecular formula is C15H18N2O3S. The Morgan fingerprint density at radius 2 is 1.76 bits per heavy atom. The molecule has 4 N–H and O–H groups in total. The Balaban J connectivity index is 2.75. The molecule has 0 aliphatic rings. The molecule has 0 fully saturated rings. The second kappa shape index (κ2) is 5.46. The van der Waals surface area contributed by atoms with Crippen molar-refractivity contribution in [2.75, 3.05) is 0 Å². The van der Waals surface area contributed by atoms with Crippen molar-refractivity contribution in [1.82, 2.24) is 0 Å². The molecule has 2 aromatic carbocycles. The smallest absolute Gasteiger partial charge is 0.253 e. The lowest BCUT2D eigenvalue weighted by atomic mass is 10.1. The van der Waals surface area contributed by atoms with E-state index in [4.69, 9.17) is 11.5 Å². The summed E-state index contributed by atoms with van der Waals surface area (Å²) in [5.74, 6) is -1.03. The Morgan fingerprint density at radius 3 is 2.38 bits per heavy atom.